The first kappa shape index (κ1) is 12.1. The van der Waals surface area contributed by atoms with Gasteiger partial charge in [0.15, 0.2) is 18.1 Å². The Labute approximate surface area is 103 Å². The van der Waals surface area contributed by atoms with Gasteiger partial charge in [0.1, 0.15) is 11.7 Å². The normalized spacial score (nSPS) is 10.2. The Morgan fingerprint density at radius 1 is 1.39 bits per heavy atom. The minimum atomic E-state index is -0.706. The highest BCUT2D eigenvalue weighted by Gasteiger charge is 2.15. The second kappa shape index (κ2) is 5.34. The molecule has 0 spiro atoms. The molecule has 1 aromatic heterocycles. The number of para-hydroxylation sites is 1. The van der Waals surface area contributed by atoms with Gasteiger partial charge in [0.25, 0.3) is 0 Å². The van der Waals surface area contributed by atoms with Gasteiger partial charge in [-0.15, -0.1) is 0 Å². The van der Waals surface area contributed by atoms with Crippen LogP contribution in [0.5, 0.6) is 5.75 Å². The van der Waals surface area contributed by atoms with Gasteiger partial charge < -0.3 is 13.9 Å². The van der Waals surface area contributed by atoms with Crippen LogP contribution in [0.25, 0.3) is 11.0 Å². The van der Waals surface area contributed by atoms with E-state index in [2.05, 4.69) is 0 Å². The lowest BCUT2D eigenvalue weighted by Crippen LogP contribution is -2.10. The Morgan fingerprint density at radius 3 is 2.89 bits per heavy atom. The fourth-order valence-electron chi connectivity index (χ4n) is 1.55. The second-order valence-corrected chi connectivity index (χ2v) is 3.46. The highest BCUT2D eigenvalue weighted by Crippen LogP contribution is 2.26. The van der Waals surface area contributed by atoms with Gasteiger partial charge >= 0.3 is 5.63 Å². The van der Waals surface area contributed by atoms with Crippen molar-refractivity contribution in [3.8, 4) is 11.8 Å². The van der Waals surface area contributed by atoms with Crippen molar-refractivity contribution < 1.29 is 13.9 Å². The first-order valence-corrected chi connectivity index (χ1v) is 5.44. The summed E-state index contributed by atoms with van der Waals surface area (Å²) in [6.45, 7) is 2.30. The maximum absolute atomic E-state index is 11.6. The van der Waals surface area contributed by atoms with Crippen molar-refractivity contribution in [2.75, 3.05) is 13.4 Å². The number of hydrogen-bond donors (Lipinski definition) is 0. The van der Waals surface area contributed by atoms with Crippen LogP contribution in [-0.4, -0.2) is 13.4 Å². The Hall–Kier alpha value is -2.32. The Morgan fingerprint density at radius 2 is 2.17 bits per heavy atom. The SMILES string of the molecule is CCOCOc1c(C#N)c(=O)oc2ccccc12. The van der Waals surface area contributed by atoms with E-state index in [1.807, 2.05) is 6.92 Å². The van der Waals surface area contributed by atoms with E-state index in [0.717, 1.165) is 0 Å². The minimum Gasteiger partial charge on any atom is -0.465 e. The van der Waals surface area contributed by atoms with Crippen LogP contribution in [-0.2, 0) is 4.74 Å². The standard InChI is InChI=1S/C13H11NO4/c1-2-16-8-17-12-9-5-3-4-6-11(9)18-13(15)10(12)7-14/h3-6H,2,8H2,1H3. The number of hydrogen-bond acceptors (Lipinski definition) is 5. The highest BCUT2D eigenvalue weighted by molar-refractivity contribution is 5.85. The zero-order valence-corrected chi connectivity index (χ0v) is 9.80. The molecular weight excluding hydrogens is 234 g/mol. The van der Waals surface area contributed by atoms with E-state index >= 15 is 0 Å². The summed E-state index contributed by atoms with van der Waals surface area (Å²) in [6, 6.07) is 8.68. The second-order valence-electron chi connectivity index (χ2n) is 3.46. The Bertz CT molecular complexity index is 654. The predicted molar refractivity (Wildman–Crippen MR) is 64.3 cm³/mol. The molecule has 0 fully saturated rings. The number of fused-ring (bicyclic) bond motifs is 1. The summed E-state index contributed by atoms with van der Waals surface area (Å²) in [5.41, 5.74) is -0.468. The molecule has 0 radical (unpaired) electrons. The number of ether oxygens (including phenoxy) is 2. The van der Waals surface area contributed by atoms with Gasteiger partial charge in [0, 0.05) is 6.61 Å². The van der Waals surface area contributed by atoms with E-state index in [4.69, 9.17) is 19.2 Å². The van der Waals surface area contributed by atoms with Crippen molar-refractivity contribution in [1.29, 1.82) is 5.26 Å². The molecular formula is C13H11NO4. The fraction of sp³-hybridized carbons (Fsp3) is 0.231. The summed E-state index contributed by atoms with van der Waals surface area (Å²) < 4.78 is 15.5. The van der Waals surface area contributed by atoms with Gasteiger partial charge in [0.2, 0.25) is 0 Å². The quantitative estimate of drug-likeness (QED) is 0.468. The van der Waals surface area contributed by atoms with Gasteiger partial charge in [-0.25, -0.2) is 4.79 Å². The molecule has 2 aromatic rings. The highest BCUT2D eigenvalue weighted by atomic mass is 16.7. The maximum atomic E-state index is 11.6. The average molecular weight is 245 g/mol. The lowest BCUT2D eigenvalue weighted by Gasteiger charge is -2.09. The largest absolute Gasteiger partial charge is 0.465 e. The lowest BCUT2D eigenvalue weighted by molar-refractivity contribution is 0.0229. The molecule has 0 aliphatic carbocycles. The van der Waals surface area contributed by atoms with Crippen LogP contribution in [0.4, 0.5) is 0 Å². The third-order valence-corrected chi connectivity index (χ3v) is 2.37. The minimum absolute atomic E-state index is 0.0153. The summed E-state index contributed by atoms with van der Waals surface area (Å²) in [5, 5.41) is 9.56. The molecule has 0 aliphatic heterocycles. The van der Waals surface area contributed by atoms with Crippen molar-refractivity contribution in [2.45, 2.75) is 6.92 Å². The maximum Gasteiger partial charge on any atom is 0.358 e. The number of rotatable bonds is 4. The number of benzene rings is 1. The molecule has 0 atom stereocenters. The number of nitriles is 1. The summed E-state index contributed by atoms with van der Waals surface area (Å²) >= 11 is 0. The van der Waals surface area contributed by atoms with Gasteiger partial charge in [-0.05, 0) is 19.1 Å². The van der Waals surface area contributed by atoms with Crippen LogP contribution in [0.15, 0.2) is 33.5 Å². The zero-order chi connectivity index (χ0) is 13.0. The molecule has 1 heterocycles. The average Bonchev–Trinajstić information content (AvgIpc) is 2.38. The molecule has 0 unspecified atom stereocenters. The monoisotopic (exact) mass is 245 g/mol. The van der Waals surface area contributed by atoms with Crippen LogP contribution in [0, 0.1) is 11.3 Å². The van der Waals surface area contributed by atoms with Crippen LogP contribution in [0.1, 0.15) is 12.5 Å². The summed E-state index contributed by atoms with van der Waals surface area (Å²) in [7, 11) is 0. The molecule has 2 rings (SSSR count). The third-order valence-electron chi connectivity index (χ3n) is 2.37. The Kier molecular flexibility index (Phi) is 3.60. The summed E-state index contributed by atoms with van der Waals surface area (Å²) in [5.74, 6) is 0.206. The molecule has 1 aromatic carbocycles. The molecule has 5 nitrogen and oxygen atoms in total. The van der Waals surface area contributed by atoms with Crippen molar-refractivity contribution in [3.63, 3.8) is 0 Å². The molecule has 18 heavy (non-hydrogen) atoms. The van der Waals surface area contributed by atoms with Crippen molar-refractivity contribution in [2.24, 2.45) is 0 Å². The van der Waals surface area contributed by atoms with E-state index in [1.165, 1.54) is 0 Å². The van der Waals surface area contributed by atoms with Gasteiger partial charge in [-0.3, -0.25) is 0 Å². The topological polar surface area (TPSA) is 72.5 Å². The molecule has 0 saturated heterocycles. The lowest BCUT2D eigenvalue weighted by atomic mass is 10.1. The molecule has 92 valence electrons. The molecule has 5 heteroatoms. The van der Waals surface area contributed by atoms with Crippen molar-refractivity contribution in [3.05, 3.63) is 40.2 Å². The van der Waals surface area contributed by atoms with Crippen LogP contribution >= 0.6 is 0 Å². The van der Waals surface area contributed by atoms with Crippen molar-refractivity contribution in [1.82, 2.24) is 0 Å². The van der Waals surface area contributed by atoms with Crippen LogP contribution in [0.3, 0.4) is 0 Å². The fourth-order valence-corrected chi connectivity index (χ4v) is 1.55. The molecule has 0 saturated carbocycles. The van der Waals surface area contributed by atoms with Gasteiger partial charge in [0.05, 0.1) is 5.39 Å². The van der Waals surface area contributed by atoms with Gasteiger partial charge in [-0.2, -0.15) is 5.26 Å². The molecule has 0 N–H and O–H groups in total. The van der Waals surface area contributed by atoms with E-state index in [0.29, 0.717) is 17.6 Å². The van der Waals surface area contributed by atoms with Crippen LogP contribution < -0.4 is 10.4 Å². The smallest absolute Gasteiger partial charge is 0.358 e. The number of nitrogens with zero attached hydrogens (tertiary/aromatic N) is 1. The van der Waals surface area contributed by atoms with Crippen molar-refractivity contribution >= 4 is 11.0 Å². The Balaban J connectivity index is 2.58. The summed E-state index contributed by atoms with van der Waals surface area (Å²) in [6.07, 6.45) is 0. The first-order valence-electron chi connectivity index (χ1n) is 5.44. The molecule has 0 aliphatic rings. The molecule has 0 bridgehead atoms. The first-order chi connectivity index (χ1) is 8.77. The third kappa shape index (κ3) is 2.19. The van der Waals surface area contributed by atoms with E-state index in [-0.39, 0.29) is 18.1 Å². The predicted octanol–water partition coefficient (Wildman–Crippen LogP) is 2.04. The summed E-state index contributed by atoms with van der Waals surface area (Å²) in [4.78, 5) is 11.6. The van der Waals surface area contributed by atoms with E-state index in [9.17, 15) is 4.79 Å². The molecule has 0 amide bonds. The van der Waals surface area contributed by atoms with Gasteiger partial charge in [-0.1, -0.05) is 12.1 Å². The zero-order valence-electron chi connectivity index (χ0n) is 9.80. The van der Waals surface area contributed by atoms with Crippen LogP contribution in [0.2, 0.25) is 0 Å². The van der Waals surface area contributed by atoms with E-state index in [1.54, 1.807) is 30.3 Å². The van der Waals surface area contributed by atoms with E-state index < -0.39 is 5.63 Å².